The first kappa shape index (κ1) is 10.7. The predicted molar refractivity (Wildman–Crippen MR) is 63.3 cm³/mol. The quantitative estimate of drug-likeness (QED) is 0.825. The zero-order valence-electron chi connectivity index (χ0n) is 9.45. The van der Waals surface area contributed by atoms with Crippen molar-refractivity contribution < 1.29 is 4.79 Å². The average Bonchev–Trinajstić information content (AvgIpc) is 2.69. The van der Waals surface area contributed by atoms with Crippen LogP contribution in [-0.4, -0.2) is 22.6 Å². The van der Waals surface area contributed by atoms with Gasteiger partial charge in [-0.3, -0.25) is 9.89 Å². The van der Waals surface area contributed by atoms with Crippen molar-refractivity contribution in [1.82, 2.24) is 15.5 Å². The Bertz CT molecular complexity index is 502. The Morgan fingerprint density at radius 2 is 2.19 bits per heavy atom. The Balaban J connectivity index is 2.23. The normalized spacial score (nSPS) is 10.9. The van der Waals surface area contributed by atoms with Crippen molar-refractivity contribution in [1.29, 1.82) is 0 Å². The summed E-state index contributed by atoms with van der Waals surface area (Å²) in [5.41, 5.74) is 1.36. The van der Waals surface area contributed by atoms with Crippen molar-refractivity contribution in [2.75, 3.05) is 6.54 Å². The molecular weight excluding hydrogens is 202 g/mol. The molecule has 1 aromatic heterocycles. The van der Waals surface area contributed by atoms with Gasteiger partial charge in [-0.05, 0) is 12.0 Å². The maximum atomic E-state index is 11.8. The predicted octanol–water partition coefficient (Wildman–Crippen LogP) is 1.95. The third-order valence-corrected chi connectivity index (χ3v) is 2.36. The zero-order valence-corrected chi connectivity index (χ0v) is 9.45. The van der Waals surface area contributed by atoms with Crippen LogP contribution in [0.5, 0.6) is 0 Å². The molecule has 16 heavy (non-hydrogen) atoms. The van der Waals surface area contributed by atoms with Crippen LogP contribution in [0.4, 0.5) is 0 Å². The van der Waals surface area contributed by atoms with Crippen LogP contribution < -0.4 is 5.32 Å². The maximum Gasteiger partial charge on any atom is 0.272 e. The van der Waals surface area contributed by atoms with Crippen molar-refractivity contribution in [3.8, 4) is 0 Å². The number of aromatic amines is 1. The highest BCUT2D eigenvalue weighted by molar-refractivity contribution is 6.04. The smallest absolute Gasteiger partial charge is 0.272 e. The van der Waals surface area contributed by atoms with E-state index in [0.717, 1.165) is 10.9 Å². The molecular formula is C12H15N3O. The Morgan fingerprint density at radius 1 is 1.44 bits per heavy atom. The summed E-state index contributed by atoms with van der Waals surface area (Å²) >= 11 is 0. The van der Waals surface area contributed by atoms with Gasteiger partial charge < -0.3 is 5.32 Å². The van der Waals surface area contributed by atoms with Crippen molar-refractivity contribution in [2.45, 2.75) is 13.8 Å². The second-order valence-corrected chi connectivity index (χ2v) is 4.22. The number of carbonyl (C=O) groups excluding carboxylic acids is 1. The molecule has 4 nitrogen and oxygen atoms in total. The van der Waals surface area contributed by atoms with Crippen LogP contribution in [0.2, 0.25) is 0 Å². The number of benzene rings is 1. The summed E-state index contributed by atoms with van der Waals surface area (Å²) in [6.45, 7) is 4.78. The van der Waals surface area contributed by atoms with E-state index in [1.807, 2.05) is 24.3 Å². The van der Waals surface area contributed by atoms with Crippen LogP contribution in [0, 0.1) is 5.92 Å². The largest absolute Gasteiger partial charge is 0.350 e. The first-order chi connectivity index (χ1) is 7.68. The molecule has 0 spiro atoms. The standard InChI is InChI=1S/C12H15N3O/c1-8(2)7-13-12(16)11-9-5-3-4-6-10(9)14-15-11/h3-6,8H,7H2,1-2H3,(H,13,16)(H,14,15). The molecule has 2 N–H and O–H groups in total. The van der Waals surface area contributed by atoms with E-state index in [1.165, 1.54) is 0 Å². The summed E-state index contributed by atoms with van der Waals surface area (Å²) in [7, 11) is 0. The van der Waals surface area contributed by atoms with Crippen LogP contribution in [-0.2, 0) is 0 Å². The van der Waals surface area contributed by atoms with Crippen molar-refractivity contribution in [3.63, 3.8) is 0 Å². The third-order valence-electron chi connectivity index (χ3n) is 2.36. The molecule has 0 radical (unpaired) electrons. The highest BCUT2D eigenvalue weighted by Gasteiger charge is 2.13. The van der Waals surface area contributed by atoms with Gasteiger partial charge >= 0.3 is 0 Å². The molecule has 1 amide bonds. The number of aromatic nitrogens is 2. The fraction of sp³-hybridized carbons (Fsp3) is 0.333. The molecule has 0 atom stereocenters. The van der Waals surface area contributed by atoms with E-state index < -0.39 is 0 Å². The molecule has 0 unspecified atom stereocenters. The molecule has 1 heterocycles. The second kappa shape index (κ2) is 4.35. The Labute approximate surface area is 94.0 Å². The number of nitrogens with one attached hydrogen (secondary N) is 2. The number of para-hydroxylation sites is 1. The van der Waals surface area contributed by atoms with E-state index >= 15 is 0 Å². The van der Waals surface area contributed by atoms with Gasteiger partial charge in [-0.15, -0.1) is 0 Å². The van der Waals surface area contributed by atoms with Gasteiger partial charge in [0.25, 0.3) is 5.91 Å². The van der Waals surface area contributed by atoms with Gasteiger partial charge in [-0.25, -0.2) is 0 Å². The molecule has 4 heteroatoms. The van der Waals surface area contributed by atoms with Crippen LogP contribution in [0.3, 0.4) is 0 Å². The molecule has 0 aliphatic carbocycles. The molecule has 1 aromatic carbocycles. The first-order valence-corrected chi connectivity index (χ1v) is 5.40. The number of carbonyl (C=O) groups is 1. The Hall–Kier alpha value is -1.84. The fourth-order valence-electron chi connectivity index (χ4n) is 1.52. The number of nitrogens with zero attached hydrogens (tertiary/aromatic N) is 1. The number of hydrogen-bond donors (Lipinski definition) is 2. The highest BCUT2D eigenvalue weighted by atomic mass is 16.1. The highest BCUT2D eigenvalue weighted by Crippen LogP contribution is 2.14. The van der Waals surface area contributed by atoms with E-state index in [0.29, 0.717) is 18.2 Å². The zero-order chi connectivity index (χ0) is 11.5. The monoisotopic (exact) mass is 217 g/mol. The van der Waals surface area contributed by atoms with Crippen LogP contribution >= 0.6 is 0 Å². The first-order valence-electron chi connectivity index (χ1n) is 5.40. The van der Waals surface area contributed by atoms with E-state index in [1.54, 1.807) is 0 Å². The summed E-state index contributed by atoms with van der Waals surface area (Å²) in [5, 5.41) is 10.6. The lowest BCUT2D eigenvalue weighted by Crippen LogP contribution is -2.27. The lowest BCUT2D eigenvalue weighted by molar-refractivity contribution is 0.0945. The molecule has 2 aromatic rings. The van der Waals surface area contributed by atoms with E-state index in [-0.39, 0.29) is 5.91 Å². The summed E-state index contributed by atoms with van der Waals surface area (Å²) in [4.78, 5) is 11.8. The molecule has 0 bridgehead atoms. The van der Waals surface area contributed by atoms with E-state index in [2.05, 4.69) is 29.4 Å². The molecule has 0 saturated carbocycles. The number of hydrogen-bond acceptors (Lipinski definition) is 2. The summed E-state index contributed by atoms with van der Waals surface area (Å²) in [6, 6.07) is 7.61. The summed E-state index contributed by atoms with van der Waals surface area (Å²) in [5.74, 6) is 0.320. The minimum absolute atomic E-state index is 0.119. The fourth-order valence-corrected chi connectivity index (χ4v) is 1.52. The summed E-state index contributed by atoms with van der Waals surface area (Å²) < 4.78 is 0. The Kier molecular flexibility index (Phi) is 2.90. The van der Waals surface area contributed by atoms with Crippen molar-refractivity contribution >= 4 is 16.8 Å². The van der Waals surface area contributed by atoms with Gasteiger partial charge in [0.05, 0.1) is 5.52 Å². The van der Waals surface area contributed by atoms with Gasteiger partial charge in [0.15, 0.2) is 5.69 Å². The summed E-state index contributed by atoms with van der Waals surface area (Å²) in [6.07, 6.45) is 0. The lowest BCUT2D eigenvalue weighted by atomic mass is 10.2. The average molecular weight is 217 g/mol. The molecule has 0 aliphatic heterocycles. The molecule has 2 rings (SSSR count). The van der Waals surface area contributed by atoms with Gasteiger partial charge in [0.1, 0.15) is 0 Å². The van der Waals surface area contributed by atoms with Gasteiger partial charge in [-0.1, -0.05) is 32.0 Å². The lowest BCUT2D eigenvalue weighted by Gasteiger charge is -2.05. The minimum atomic E-state index is -0.119. The number of rotatable bonds is 3. The van der Waals surface area contributed by atoms with E-state index in [4.69, 9.17) is 0 Å². The van der Waals surface area contributed by atoms with Crippen molar-refractivity contribution in [2.24, 2.45) is 5.92 Å². The van der Waals surface area contributed by atoms with Crippen LogP contribution in [0.1, 0.15) is 24.3 Å². The second-order valence-electron chi connectivity index (χ2n) is 4.22. The van der Waals surface area contributed by atoms with Crippen LogP contribution in [0.15, 0.2) is 24.3 Å². The molecule has 0 fully saturated rings. The minimum Gasteiger partial charge on any atom is -0.350 e. The van der Waals surface area contributed by atoms with Gasteiger partial charge in [0, 0.05) is 11.9 Å². The van der Waals surface area contributed by atoms with Gasteiger partial charge in [-0.2, -0.15) is 5.10 Å². The van der Waals surface area contributed by atoms with E-state index in [9.17, 15) is 4.79 Å². The van der Waals surface area contributed by atoms with Crippen LogP contribution in [0.25, 0.3) is 10.9 Å². The van der Waals surface area contributed by atoms with Gasteiger partial charge in [0.2, 0.25) is 0 Å². The SMILES string of the molecule is CC(C)CNC(=O)c1n[nH]c2ccccc12. The third kappa shape index (κ3) is 2.05. The molecule has 84 valence electrons. The number of fused-ring (bicyclic) bond motifs is 1. The Morgan fingerprint density at radius 3 is 2.94 bits per heavy atom. The van der Waals surface area contributed by atoms with Crippen molar-refractivity contribution in [3.05, 3.63) is 30.0 Å². The molecule has 0 aliphatic rings. The molecule has 0 saturated heterocycles. The number of amides is 1. The number of H-pyrrole nitrogens is 1. The maximum absolute atomic E-state index is 11.8. The topological polar surface area (TPSA) is 57.8 Å².